The van der Waals surface area contributed by atoms with E-state index in [1.807, 2.05) is 0 Å². The Labute approximate surface area is 126 Å². The van der Waals surface area contributed by atoms with Crippen molar-refractivity contribution >= 4 is 10.0 Å². The zero-order chi connectivity index (χ0) is 14.9. The van der Waals surface area contributed by atoms with E-state index in [0.29, 0.717) is 35.4 Å². The first-order chi connectivity index (χ1) is 10.1. The van der Waals surface area contributed by atoms with Gasteiger partial charge in [-0.25, -0.2) is 8.42 Å². The van der Waals surface area contributed by atoms with Crippen LogP contribution in [0, 0.1) is 23.7 Å². The summed E-state index contributed by atoms with van der Waals surface area (Å²) < 4.78 is 27.1. The van der Waals surface area contributed by atoms with Gasteiger partial charge in [-0.2, -0.15) is 4.31 Å². The van der Waals surface area contributed by atoms with Crippen molar-refractivity contribution in [3.8, 4) is 11.8 Å². The van der Waals surface area contributed by atoms with E-state index in [9.17, 15) is 8.42 Å². The number of hydrogen-bond donors (Lipinski definition) is 1. The van der Waals surface area contributed by atoms with E-state index in [1.165, 1.54) is 19.3 Å². The second-order valence-corrected chi connectivity index (χ2v) is 7.74. The fraction of sp³-hybridized carbons (Fsp3) is 0.500. The predicted octanol–water partition coefficient (Wildman–Crippen LogP) is 1.42. The summed E-state index contributed by atoms with van der Waals surface area (Å²) in [6.45, 7) is 1.61. The van der Waals surface area contributed by atoms with Crippen molar-refractivity contribution in [2.75, 3.05) is 19.6 Å². The minimum Gasteiger partial charge on any atom is -0.320 e. The molecule has 2 aliphatic rings. The van der Waals surface area contributed by atoms with Gasteiger partial charge >= 0.3 is 0 Å². The van der Waals surface area contributed by atoms with Crippen LogP contribution in [0.1, 0.15) is 24.8 Å². The van der Waals surface area contributed by atoms with Crippen molar-refractivity contribution in [1.29, 1.82) is 0 Å². The molecule has 1 aliphatic carbocycles. The Balaban J connectivity index is 1.85. The quantitative estimate of drug-likeness (QED) is 0.841. The van der Waals surface area contributed by atoms with Gasteiger partial charge < -0.3 is 5.73 Å². The predicted molar refractivity (Wildman–Crippen MR) is 82.0 cm³/mol. The Bertz CT molecular complexity index is 676. The van der Waals surface area contributed by atoms with Crippen molar-refractivity contribution in [3.63, 3.8) is 0 Å². The van der Waals surface area contributed by atoms with Crippen LogP contribution in [0.15, 0.2) is 29.2 Å². The molecule has 1 saturated heterocycles. The highest BCUT2D eigenvalue weighted by Crippen LogP contribution is 2.39. The molecule has 0 spiro atoms. The third-order valence-corrected chi connectivity index (χ3v) is 6.33. The monoisotopic (exact) mass is 304 g/mol. The molecule has 0 aromatic heterocycles. The Morgan fingerprint density at radius 3 is 2.62 bits per heavy atom. The molecule has 21 heavy (non-hydrogen) atoms. The lowest BCUT2D eigenvalue weighted by Gasteiger charge is -2.17. The summed E-state index contributed by atoms with van der Waals surface area (Å²) >= 11 is 0. The summed E-state index contributed by atoms with van der Waals surface area (Å²) in [5, 5.41) is 0. The van der Waals surface area contributed by atoms with E-state index in [0.717, 1.165) is 0 Å². The van der Waals surface area contributed by atoms with Gasteiger partial charge in [0, 0.05) is 18.7 Å². The molecule has 112 valence electrons. The van der Waals surface area contributed by atoms with Gasteiger partial charge in [0.2, 0.25) is 10.0 Å². The van der Waals surface area contributed by atoms with Crippen LogP contribution in [0.2, 0.25) is 0 Å². The van der Waals surface area contributed by atoms with Gasteiger partial charge in [0.1, 0.15) is 0 Å². The van der Waals surface area contributed by atoms with Crippen molar-refractivity contribution in [2.24, 2.45) is 17.6 Å². The molecular weight excluding hydrogens is 284 g/mol. The molecule has 0 amide bonds. The van der Waals surface area contributed by atoms with Gasteiger partial charge in [0.15, 0.2) is 0 Å². The maximum atomic E-state index is 12.7. The van der Waals surface area contributed by atoms with Crippen molar-refractivity contribution in [1.82, 2.24) is 4.31 Å². The zero-order valence-corrected chi connectivity index (χ0v) is 12.8. The molecule has 2 N–H and O–H groups in total. The minimum absolute atomic E-state index is 0.270. The lowest BCUT2D eigenvalue weighted by molar-refractivity contribution is 0.445. The fourth-order valence-electron chi connectivity index (χ4n) is 3.42. The number of sulfonamides is 1. The molecule has 2 unspecified atom stereocenters. The van der Waals surface area contributed by atoms with Gasteiger partial charge in [0.25, 0.3) is 0 Å². The zero-order valence-electron chi connectivity index (χ0n) is 12.0. The van der Waals surface area contributed by atoms with E-state index in [2.05, 4.69) is 11.8 Å². The maximum absolute atomic E-state index is 12.7. The van der Waals surface area contributed by atoms with E-state index >= 15 is 0 Å². The van der Waals surface area contributed by atoms with E-state index in [-0.39, 0.29) is 6.54 Å². The third-order valence-electron chi connectivity index (χ3n) is 4.50. The molecule has 1 aromatic carbocycles. The summed E-state index contributed by atoms with van der Waals surface area (Å²) in [4.78, 5) is 0.339. The van der Waals surface area contributed by atoms with E-state index in [4.69, 9.17) is 5.73 Å². The van der Waals surface area contributed by atoms with Crippen LogP contribution in [0.5, 0.6) is 0 Å². The van der Waals surface area contributed by atoms with Crippen LogP contribution in [-0.2, 0) is 10.0 Å². The summed E-state index contributed by atoms with van der Waals surface area (Å²) in [5.74, 6) is 6.75. The van der Waals surface area contributed by atoms with Gasteiger partial charge in [-0.15, -0.1) is 0 Å². The molecule has 4 nitrogen and oxygen atoms in total. The first-order valence-corrected chi connectivity index (χ1v) is 8.84. The highest BCUT2D eigenvalue weighted by atomic mass is 32.2. The van der Waals surface area contributed by atoms with Crippen molar-refractivity contribution in [2.45, 2.75) is 24.2 Å². The molecule has 2 fully saturated rings. The molecule has 2 atom stereocenters. The lowest BCUT2D eigenvalue weighted by Crippen LogP contribution is -2.29. The standard InChI is InChI=1S/C16H20N2O2S/c17-9-3-5-13-4-1-8-16(10-13)21(19,20)18-11-14-6-2-7-15(14)12-18/h1,4,8,10,14-15H,2,6-7,9,11-12,17H2. The van der Waals surface area contributed by atoms with Crippen LogP contribution in [0.25, 0.3) is 0 Å². The number of nitrogens with zero attached hydrogens (tertiary/aromatic N) is 1. The highest BCUT2D eigenvalue weighted by molar-refractivity contribution is 7.89. The average molecular weight is 304 g/mol. The third kappa shape index (κ3) is 2.84. The highest BCUT2D eigenvalue weighted by Gasteiger charge is 2.41. The fourth-order valence-corrected chi connectivity index (χ4v) is 5.02. The van der Waals surface area contributed by atoms with Crippen LogP contribution in [-0.4, -0.2) is 32.4 Å². The minimum atomic E-state index is -3.39. The average Bonchev–Trinajstić information content (AvgIpc) is 3.07. The lowest BCUT2D eigenvalue weighted by atomic mass is 10.0. The number of benzene rings is 1. The molecule has 3 rings (SSSR count). The van der Waals surface area contributed by atoms with Crippen LogP contribution >= 0.6 is 0 Å². The largest absolute Gasteiger partial charge is 0.320 e. The topological polar surface area (TPSA) is 63.4 Å². The first kappa shape index (κ1) is 14.6. The van der Waals surface area contributed by atoms with Crippen LogP contribution in [0.4, 0.5) is 0 Å². The van der Waals surface area contributed by atoms with E-state index < -0.39 is 10.0 Å². The second kappa shape index (κ2) is 5.80. The molecule has 1 aliphatic heterocycles. The second-order valence-electron chi connectivity index (χ2n) is 5.81. The van der Waals surface area contributed by atoms with Gasteiger partial charge in [-0.05, 0) is 42.9 Å². The Morgan fingerprint density at radius 2 is 1.95 bits per heavy atom. The molecule has 1 aromatic rings. The number of hydrogen-bond acceptors (Lipinski definition) is 3. The van der Waals surface area contributed by atoms with Gasteiger partial charge in [0.05, 0.1) is 11.4 Å². The number of rotatable bonds is 2. The smallest absolute Gasteiger partial charge is 0.243 e. The number of fused-ring (bicyclic) bond motifs is 1. The molecule has 1 saturated carbocycles. The van der Waals surface area contributed by atoms with Gasteiger partial charge in [-0.1, -0.05) is 24.3 Å². The molecule has 0 radical (unpaired) electrons. The van der Waals surface area contributed by atoms with Crippen LogP contribution < -0.4 is 5.73 Å². The van der Waals surface area contributed by atoms with Crippen LogP contribution in [0.3, 0.4) is 0 Å². The normalized spacial score (nSPS) is 25.4. The molecule has 1 heterocycles. The molecular formula is C16H20N2O2S. The Kier molecular flexibility index (Phi) is 4.03. The SMILES string of the molecule is NCC#Cc1cccc(S(=O)(=O)N2CC3CCCC3C2)c1. The van der Waals surface area contributed by atoms with Gasteiger partial charge in [-0.3, -0.25) is 0 Å². The summed E-state index contributed by atoms with van der Waals surface area (Å²) in [7, 11) is -3.39. The van der Waals surface area contributed by atoms with E-state index in [1.54, 1.807) is 28.6 Å². The first-order valence-electron chi connectivity index (χ1n) is 7.40. The summed E-state index contributed by atoms with van der Waals surface area (Å²) in [6, 6.07) is 6.84. The molecule has 5 heteroatoms. The maximum Gasteiger partial charge on any atom is 0.243 e. The summed E-state index contributed by atoms with van der Waals surface area (Å²) in [6.07, 6.45) is 3.57. The number of nitrogens with two attached hydrogens (primary N) is 1. The Hall–Kier alpha value is -1.35. The van der Waals surface area contributed by atoms with Crippen molar-refractivity contribution in [3.05, 3.63) is 29.8 Å². The summed E-state index contributed by atoms with van der Waals surface area (Å²) in [5.41, 5.74) is 6.05. The van der Waals surface area contributed by atoms with Crippen molar-refractivity contribution < 1.29 is 8.42 Å². The Morgan fingerprint density at radius 1 is 1.24 bits per heavy atom. The molecule has 0 bridgehead atoms.